The first-order valence-electron chi connectivity index (χ1n) is 15.8. The van der Waals surface area contributed by atoms with Gasteiger partial charge in [0.25, 0.3) is 0 Å². The number of piperidine rings is 1. The van der Waals surface area contributed by atoms with Crippen LogP contribution in [0.3, 0.4) is 0 Å². The summed E-state index contributed by atoms with van der Waals surface area (Å²) in [5.41, 5.74) is 10.00. The molecule has 42 heavy (non-hydrogen) atoms. The third kappa shape index (κ3) is 4.57. The summed E-state index contributed by atoms with van der Waals surface area (Å²) in [5, 5.41) is 8.68. The van der Waals surface area contributed by atoms with Crippen LogP contribution in [0.4, 0.5) is 11.5 Å². The lowest BCUT2D eigenvalue weighted by atomic mass is 9.93. The number of benzene rings is 2. The van der Waals surface area contributed by atoms with E-state index in [1.54, 1.807) is 0 Å². The van der Waals surface area contributed by atoms with Crippen LogP contribution in [0.2, 0.25) is 0 Å². The molecule has 5 heterocycles. The zero-order chi connectivity index (χ0) is 29.1. The summed E-state index contributed by atoms with van der Waals surface area (Å²) >= 11 is 0. The van der Waals surface area contributed by atoms with Gasteiger partial charge in [-0.3, -0.25) is 5.10 Å². The van der Waals surface area contributed by atoms with Crippen molar-refractivity contribution in [3.05, 3.63) is 64.5 Å². The largest absolute Gasteiger partial charge is 0.381 e. The standard InChI is InChI=1S/C35H44N6O/c1-20(2)23-8-7-22(5)32(15-23)40-14-13-30-29(19-40)35(41-24-9-10-25(41)17-26(16-24)42-6)38-34(37-30)33-27(21(3)4)11-12-31-28(33)18-36-39-31/h7-8,11-12,15,18,20-21,24-26H,9-10,13-14,16-17,19H2,1-6H3,(H,36,39). The Bertz CT molecular complexity index is 1610. The van der Waals surface area contributed by atoms with Gasteiger partial charge in [0.15, 0.2) is 5.82 Å². The lowest BCUT2D eigenvalue weighted by Gasteiger charge is -2.42. The molecule has 2 bridgehead atoms. The second-order valence-corrected chi connectivity index (χ2v) is 13.3. The molecule has 0 amide bonds. The Balaban J connectivity index is 1.39. The number of hydrogen-bond donors (Lipinski definition) is 1. The summed E-state index contributed by atoms with van der Waals surface area (Å²) in [6, 6.07) is 12.2. The van der Waals surface area contributed by atoms with Crippen LogP contribution in [0.5, 0.6) is 0 Å². The highest BCUT2D eigenvalue weighted by Crippen LogP contribution is 2.44. The highest BCUT2D eigenvalue weighted by molar-refractivity contribution is 5.95. The third-order valence-electron chi connectivity index (χ3n) is 10.0. The van der Waals surface area contributed by atoms with Gasteiger partial charge in [0.05, 0.1) is 23.5 Å². The minimum absolute atomic E-state index is 0.334. The molecule has 4 aromatic rings. The topological polar surface area (TPSA) is 70.2 Å². The van der Waals surface area contributed by atoms with Crippen LogP contribution >= 0.6 is 0 Å². The van der Waals surface area contributed by atoms with Gasteiger partial charge < -0.3 is 14.5 Å². The predicted molar refractivity (Wildman–Crippen MR) is 171 cm³/mol. The maximum Gasteiger partial charge on any atom is 0.162 e. The van der Waals surface area contributed by atoms with Gasteiger partial charge >= 0.3 is 0 Å². The molecule has 2 unspecified atom stereocenters. The molecule has 1 N–H and O–H groups in total. The van der Waals surface area contributed by atoms with E-state index in [1.165, 1.54) is 46.5 Å². The van der Waals surface area contributed by atoms with Gasteiger partial charge in [0, 0.05) is 60.9 Å². The quantitative estimate of drug-likeness (QED) is 0.265. The monoisotopic (exact) mass is 564 g/mol. The number of nitrogens with zero attached hydrogens (tertiary/aromatic N) is 5. The molecule has 7 heteroatoms. The lowest BCUT2D eigenvalue weighted by molar-refractivity contribution is 0.0681. The van der Waals surface area contributed by atoms with E-state index in [0.29, 0.717) is 30.0 Å². The molecule has 3 aliphatic rings. The number of methoxy groups -OCH3 is 1. The number of aromatic amines is 1. The summed E-state index contributed by atoms with van der Waals surface area (Å²) in [6.07, 6.45) is 7.72. The van der Waals surface area contributed by atoms with Gasteiger partial charge in [-0.15, -0.1) is 0 Å². The SMILES string of the molecule is COC1CC2CCC(C1)N2c1nc(-c2c(C(C)C)ccc3[nH]ncc23)nc2c1CN(c1cc(C(C)C)ccc1C)CC2. The number of H-pyrrole nitrogens is 1. The van der Waals surface area contributed by atoms with Gasteiger partial charge in [-0.05, 0) is 73.3 Å². The Kier molecular flexibility index (Phi) is 6.96. The van der Waals surface area contributed by atoms with Crippen LogP contribution in [-0.4, -0.2) is 52.0 Å². The van der Waals surface area contributed by atoms with E-state index in [2.05, 4.69) is 84.9 Å². The molecule has 2 atom stereocenters. The van der Waals surface area contributed by atoms with E-state index < -0.39 is 0 Å². The molecule has 220 valence electrons. The number of anilines is 2. The van der Waals surface area contributed by atoms with Gasteiger partial charge in [-0.1, -0.05) is 45.9 Å². The smallest absolute Gasteiger partial charge is 0.162 e. The Morgan fingerprint density at radius 1 is 0.976 bits per heavy atom. The van der Waals surface area contributed by atoms with E-state index >= 15 is 0 Å². The summed E-state index contributed by atoms with van der Waals surface area (Å²) in [6.45, 7) is 13.1. The van der Waals surface area contributed by atoms with E-state index in [9.17, 15) is 0 Å². The van der Waals surface area contributed by atoms with Gasteiger partial charge in [0.2, 0.25) is 0 Å². The average molecular weight is 565 g/mol. The highest BCUT2D eigenvalue weighted by atomic mass is 16.5. The van der Waals surface area contributed by atoms with Crippen molar-refractivity contribution < 1.29 is 4.74 Å². The van der Waals surface area contributed by atoms with Crippen LogP contribution in [0, 0.1) is 6.92 Å². The first kappa shape index (κ1) is 27.4. The second kappa shape index (κ2) is 10.7. The predicted octanol–water partition coefficient (Wildman–Crippen LogP) is 7.28. The maximum absolute atomic E-state index is 5.88. The molecule has 0 radical (unpaired) electrons. The van der Waals surface area contributed by atoms with E-state index in [-0.39, 0.29) is 0 Å². The number of fused-ring (bicyclic) bond motifs is 4. The first-order chi connectivity index (χ1) is 20.3. The van der Waals surface area contributed by atoms with Crippen LogP contribution in [0.15, 0.2) is 36.5 Å². The van der Waals surface area contributed by atoms with Crippen molar-refractivity contribution in [2.45, 2.75) is 103 Å². The third-order valence-corrected chi connectivity index (χ3v) is 10.0. The Morgan fingerprint density at radius 2 is 1.76 bits per heavy atom. The molecule has 3 aliphatic heterocycles. The van der Waals surface area contributed by atoms with E-state index in [0.717, 1.165) is 60.5 Å². The van der Waals surface area contributed by atoms with Gasteiger partial charge in [-0.2, -0.15) is 5.10 Å². The number of nitrogens with one attached hydrogen (secondary N) is 1. The van der Waals surface area contributed by atoms with Crippen molar-refractivity contribution in [2.75, 3.05) is 23.5 Å². The first-order valence-corrected chi connectivity index (χ1v) is 15.8. The van der Waals surface area contributed by atoms with Crippen molar-refractivity contribution in [1.29, 1.82) is 0 Å². The molecule has 7 nitrogen and oxygen atoms in total. The molecular weight excluding hydrogens is 520 g/mol. The van der Waals surface area contributed by atoms with Crippen molar-refractivity contribution in [3.63, 3.8) is 0 Å². The normalized spacial score (nSPS) is 22.0. The number of aromatic nitrogens is 4. The fourth-order valence-corrected chi connectivity index (χ4v) is 7.68. The second-order valence-electron chi connectivity index (χ2n) is 13.3. The number of aryl methyl sites for hydroxylation is 1. The summed E-state index contributed by atoms with van der Waals surface area (Å²) in [7, 11) is 1.87. The lowest BCUT2D eigenvalue weighted by Crippen LogP contribution is -2.47. The van der Waals surface area contributed by atoms with Crippen molar-refractivity contribution in [3.8, 4) is 11.4 Å². The zero-order valence-electron chi connectivity index (χ0n) is 25.9. The number of rotatable bonds is 6. The fourth-order valence-electron chi connectivity index (χ4n) is 7.68. The summed E-state index contributed by atoms with van der Waals surface area (Å²) in [4.78, 5) is 16.2. The number of ether oxygens (including phenoxy) is 1. The summed E-state index contributed by atoms with van der Waals surface area (Å²) < 4.78 is 5.88. The van der Waals surface area contributed by atoms with Gasteiger partial charge in [0.1, 0.15) is 5.82 Å². The molecule has 2 fully saturated rings. The fraction of sp³-hybridized carbons (Fsp3) is 0.514. The van der Waals surface area contributed by atoms with Crippen LogP contribution in [-0.2, 0) is 17.7 Å². The van der Waals surface area contributed by atoms with Crippen LogP contribution in [0.25, 0.3) is 22.3 Å². The van der Waals surface area contributed by atoms with Gasteiger partial charge in [-0.25, -0.2) is 9.97 Å². The minimum atomic E-state index is 0.334. The van der Waals surface area contributed by atoms with E-state index in [1.807, 2.05) is 13.3 Å². The maximum atomic E-state index is 5.88. The van der Waals surface area contributed by atoms with Crippen molar-refractivity contribution >= 4 is 22.4 Å². The number of hydrogen-bond acceptors (Lipinski definition) is 6. The molecule has 0 saturated carbocycles. The average Bonchev–Trinajstić information content (AvgIpc) is 3.57. The molecule has 2 aromatic heterocycles. The van der Waals surface area contributed by atoms with Crippen molar-refractivity contribution in [2.24, 2.45) is 0 Å². The molecule has 2 saturated heterocycles. The summed E-state index contributed by atoms with van der Waals surface area (Å²) in [5.74, 6) is 2.85. The minimum Gasteiger partial charge on any atom is -0.381 e. The van der Waals surface area contributed by atoms with Crippen LogP contribution < -0.4 is 9.80 Å². The Hall–Kier alpha value is -3.45. The van der Waals surface area contributed by atoms with Crippen molar-refractivity contribution in [1.82, 2.24) is 20.2 Å². The molecule has 0 spiro atoms. The Morgan fingerprint density at radius 3 is 2.48 bits per heavy atom. The van der Waals surface area contributed by atoms with E-state index in [4.69, 9.17) is 14.7 Å². The Labute approximate surface area is 249 Å². The van der Waals surface area contributed by atoms with Crippen LogP contribution in [0.1, 0.15) is 93.2 Å². The molecule has 7 rings (SSSR count). The molecule has 2 aromatic carbocycles. The zero-order valence-corrected chi connectivity index (χ0v) is 25.9. The molecular formula is C35H44N6O. The molecule has 0 aliphatic carbocycles. The highest BCUT2D eigenvalue weighted by Gasteiger charge is 2.43.